The molecule has 22 heavy (non-hydrogen) atoms. The first-order valence-corrected chi connectivity index (χ1v) is 7.72. The normalized spacial score (nSPS) is 25.9. The van der Waals surface area contributed by atoms with Crippen molar-refractivity contribution in [2.24, 2.45) is 0 Å². The van der Waals surface area contributed by atoms with Gasteiger partial charge >= 0.3 is 0 Å². The highest BCUT2D eigenvalue weighted by Gasteiger charge is 2.30. The third-order valence-electron chi connectivity index (χ3n) is 4.28. The lowest BCUT2D eigenvalue weighted by atomic mass is 10.0. The molecule has 0 spiro atoms. The van der Waals surface area contributed by atoms with Crippen LogP contribution in [0, 0.1) is 6.92 Å². The van der Waals surface area contributed by atoms with E-state index in [1.165, 1.54) is 0 Å². The van der Waals surface area contributed by atoms with E-state index in [1.807, 2.05) is 25.1 Å². The van der Waals surface area contributed by atoms with E-state index in [0.29, 0.717) is 18.4 Å². The van der Waals surface area contributed by atoms with Crippen molar-refractivity contribution in [3.63, 3.8) is 0 Å². The van der Waals surface area contributed by atoms with Crippen molar-refractivity contribution in [1.82, 2.24) is 5.32 Å². The Hall–Kier alpha value is -1.85. The molecule has 1 saturated carbocycles. The number of carbonyl (C=O) groups is 1. The van der Waals surface area contributed by atoms with Crippen molar-refractivity contribution >= 4 is 16.9 Å². The Morgan fingerprint density at radius 2 is 2.00 bits per heavy atom. The third kappa shape index (κ3) is 3.00. The van der Waals surface area contributed by atoms with Crippen molar-refractivity contribution < 1.29 is 19.4 Å². The standard InChI is InChI=1S/C17H21NO4/c1-10-6-7-14-11(8-10)9-15(22-14)17(21)18-12-4-2-3-5-13(19)16(12)20/h6-9,12-13,16,19-20H,2-5H2,1H3,(H,18,21)/t12-,13-,16-/m1/s1. The Morgan fingerprint density at radius 3 is 2.82 bits per heavy atom. The van der Waals surface area contributed by atoms with Crippen LogP contribution < -0.4 is 5.32 Å². The SMILES string of the molecule is Cc1ccc2oc(C(=O)N[C@@H]3CCCC[C@@H](O)[C@@H]3O)cc2c1. The van der Waals surface area contributed by atoms with Crippen LogP contribution in [-0.4, -0.2) is 34.4 Å². The van der Waals surface area contributed by atoms with E-state index >= 15 is 0 Å². The van der Waals surface area contributed by atoms with Gasteiger partial charge in [0, 0.05) is 5.39 Å². The fourth-order valence-electron chi connectivity index (χ4n) is 3.00. The first kappa shape index (κ1) is 15.1. The van der Waals surface area contributed by atoms with Gasteiger partial charge in [-0.2, -0.15) is 0 Å². The van der Waals surface area contributed by atoms with Gasteiger partial charge in [0.1, 0.15) is 11.7 Å². The average molecular weight is 303 g/mol. The molecule has 1 aromatic carbocycles. The Morgan fingerprint density at radius 1 is 1.23 bits per heavy atom. The van der Waals surface area contributed by atoms with Gasteiger partial charge in [-0.1, -0.05) is 24.5 Å². The second kappa shape index (κ2) is 6.10. The van der Waals surface area contributed by atoms with Crippen LogP contribution in [0.3, 0.4) is 0 Å². The lowest BCUT2D eigenvalue weighted by molar-refractivity contribution is -0.00145. The van der Waals surface area contributed by atoms with Crippen LogP contribution in [-0.2, 0) is 0 Å². The molecule has 0 radical (unpaired) electrons. The Balaban J connectivity index is 1.77. The molecule has 1 aliphatic rings. The molecule has 3 rings (SSSR count). The van der Waals surface area contributed by atoms with Gasteiger partial charge in [-0.05, 0) is 38.0 Å². The first-order valence-electron chi connectivity index (χ1n) is 7.72. The average Bonchev–Trinajstić information content (AvgIpc) is 2.85. The second-order valence-corrected chi connectivity index (χ2v) is 6.07. The number of amides is 1. The zero-order valence-electron chi connectivity index (χ0n) is 12.6. The Labute approximate surface area is 128 Å². The third-order valence-corrected chi connectivity index (χ3v) is 4.28. The first-order chi connectivity index (χ1) is 10.5. The highest BCUT2D eigenvalue weighted by atomic mass is 16.3. The summed E-state index contributed by atoms with van der Waals surface area (Å²) in [4.78, 5) is 12.3. The molecule has 2 aromatic rings. The van der Waals surface area contributed by atoms with Gasteiger partial charge in [0.2, 0.25) is 0 Å². The summed E-state index contributed by atoms with van der Waals surface area (Å²) in [6, 6.07) is 6.99. The largest absolute Gasteiger partial charge is 0.451 e. The van der Waals surface area contributed by atoms with Crippen LogP contribution >= 0.6 is 0 Å². The van der Waals surface area contributed by atoms with Crippen molar-refractivity contribution in [2.45, 2.75) is 50.9 Å². The quantitative estimate of drug-likeness (QED) is 0.742. The molecule has 1 aromatic heterocycles. The predicted molar refractivity (Wildman–Crippen MR) is 82.7 cm³/mol. The topological polar surface area (TPSA) is 82.7 Å². The van der Waals surface area contributed by atoms with Crippen molar-refractivity contribution in [3.8, 4) is 0 Å². The smallest absolute Gasteiger partial charge is 0.287 e. The van der Waals surface area contributed by atoms with Gasteiger partial charge in [-0.3, -0.25) is 4.79 Å². The van der Waals surface area contributed by atoms with Gasteiger partial charge in [0.25, 0.3) is 5.91 Å². The van der Waals surface area contributed by atoms with Crippen molar-refractivity contribution in [2.75, 3.05) is 0 Å². The molecule has 0 bridgehead atoms. The number of fused-ring (bicyclic) bond motifs is 1. The number of rotatable bonds is 2. The second-order valence-electron chi connectivity index (χ2n) is 6.07. The summed E-state index contributed by atoms with van der Waals surface area (Å²) in [6.07, 6.45) is 1.23. The summed E-state index contributed by atoms with van der Waals surface area (Å²) in [6.45, 7) is 1.98. The van der Waals surface area contributed by atoms with Gasteiger partial charge in [-0.15, -0.1) is 0 Å². The van der Waals surface area contributed by atoms with Crippen LogP contribution in [0.15, 0.2) is 28.7 Å². The van der Waals surface area contributed by atoms with Crippen LogP contribution in [0.25, 0.3) is 11.0 Å². The maximum atomic E-state index is 12.3. The van der Waals surface area contributed by atoms with E-state index < -0.39 is 18.2 Å². The minimum Gasteiger partial charge on any atom is -0.451 e. The minimum absolute atomic E-state index is 0.228. The molecule has 118 valence electrons. The maximum Gasteiger partial charge on any atom is 0.287 e. The number of aliphatic hydroxyl groups excluding tert-OH is 2. The summed E-state index contributed by atoms with van der Waals surface area (Å²) in [5.41, 5.74) is 1.76. The molecular weight excluding hydrogens is 282 g/mol. The predicted octanol–water partition coefficient (Wildman–Crippen LogP) is 2.14. The number of aryl methyl sites for hydroxylation is 1. The van der Waals surface area contributed by atoms with E-state index in [0.717, 1.165) is 23.8 Å². The molecule has 3 N–H and O–H groups in total. The number of nitrogens with one attached hydrogen (secondary N) is 1. The number of benzene rings is 1. The lowest BCUT2D eigenvalue weighted by Gasteiger charge is -2.24. The molecule has 0 saturated heterocycles. The highest BCUT2D eigenvalue weighted by molar-refractivity contribution is 5.96. The lowest BCUT2D eigenvalue weighted by Crippen LogP contribution is -2.47. The van der Waals surface area contributed by atoms with Crippen LogP contribution in [0.4, 0.5) is 0 Å². The van der Waals surface area contributed by atoms with Crippen LogP contribution in [0.5, 0.6) is 0 Å². The molecule has 3 atom stereocenters. The Kier molecular flexibility index (Phi) is 4.18. The molecule has 5 heteroatoms. The molecule has 0 unspecified atom stereocenters. The molecule has 1 fully saturated rings. The number of hydrogen-bond donors (Lipinski definition) is 3. The van der Waals surface area contributed by atoms with Crippen LogP contribution in [0.2, 0.25) is 0 Å². The van der Waals surface area contributed by atoms with E-state index in [4.69, 9.17) is 4.42 Å². The molecule has 1 amide bonds. The van der Waals surface area contributed by atoms with Crippen molar-refractivity contribution in [3.05, 3.63) is 35.6 Å². The fourth-order valence-corrected chi connectivity index (χ4v) is 3.00. The molecule has 5 nitrogen and oxygen atoms in total. The van der Waals surface area contributed by atoms with Gasteiger partial charge in [0.15, 0.2) is 5.76 Å². The number of aliphatic hydroxyl groups is 2. The zero-order valence-corrected chi connectivity index (χ0v) is 12.6. The molecular formula is C17H21NO4. The van der Waals surface area contributed by atoms with E-state index in [2.05, 4.69) is 5.32 Å². The monoisotopic (exact) mass is 303 g/mol. The van der Waals surface area contributed by atoms with Crippen LogP contribution in [0.1, 0.15) is 41.8 Å². The minimum atomic E-state index is -0.932. The summed E-state index contributed by atoms with van der Waals surface area (Å²) >= 11 is 0. The maximum absolute atomic E-state index is 12.3. The van der Waals surface area contributed by atoms with Gasteiger partial charge in [0.05, 0.1) is 12.1 Å². The van der Waals surface area contributed by atoms with E-state index in [-0.39, 0.29) is 11.7 Å². The molecule has 1 heterocycles. The van der Waals surface area contributed by atoms with Gasteiger partial charge in [-0.25, -0.2) is 0 Å². The Bertz CT molecular complexity index is 678. The molecule has 0 aliphatic heterocycles. The number of furan rings is 1. The highest BCUT2D eigenvalue weighted by Crippen LogP contribution is 2.22. The molecule has 1 aliphatic carbocycles. The zero-order chi connectivity index (χ0) is 15.7. The number of hydrogen-bond acceptors (Lipinski definition) is 4. The van der Waals surface area contributed by atoms with Crippen molar-refractivity contribution in [1.29, 1.82) is 0 Å². The van der Waals surface area contributed by atoms with E-state index in [9.17, 15) is 15.0 Å². The van der Waals surface area contributed by atoms with E-state index in [1.54, 1.807) is 6.07 Å². The van der Waals surface area contributed by atoms with Gasteiger partial charge < -0.3 is 19.9 Å². The summed E-state index contributed by atoms with van der Waals surface area (Å²) in [5, 5.41) is 23.6. The summed E-state index contributed by atoms with van der Waals surface area (Å²) < 4.78 is 5.56. The summed E-state index contributed by atoms with van der Waals surface area (Å²) in [5.74, 6) is -0.126. The number of carbonyl (C=O) groups excluding carboxylic acids is 1. The summed E-state index contributed by atoms with van der Waals surface area (Å²) in [7, 11) is 0. The fraction of sp³-hybridized carbons (Fsp3) is 0.471.